The number of hydrogen-bond donors (Lipinski definition) is 1. The second-order valence-electron chi connectivity index (χ2n) is 2.18. The van der Waals surface area contributed by atoms with Crippen molar-refractivity contribution in [3.8, 4) is 0 Å². The predicted molar refractivity (Wildman–Crippen MR) is 39.6 cm³/mol. The Balaban J connectivity index is 2.68. The number of nitrogens with one attached hydrogen (secondary N) is 1. The third-order valence-electron chi connectivity index (χ3n) is 1.43. The van der Waals surface area contributed by atoms with Crippen LogP contribution in [0, 0.1) is 0 Å². The van der Waals surface area contributed by atoms with Crippen LogP contribution in [0.15, 0.2) is 18.5 Å². The lowest BCUT2D eigenvalue weighted by atomic mass is 10.2. The van der Waals surface area contributed by atoms with Crippen LogP contribution in [0.1, 0.15) is 18.5 Å². The molecule has 1 amide bonds. The maximum Gasteiger partial charge on any atom is 0.207 e. The Morgan fingerprint density at radius 2 is 2.45 bits per heavy atom. The first-order chi connectivity index (χ1) is 5.34. The Hall–Kier alpha value is -1.45. The molecule has 1 atom stereocenters. The summed E-state index contributed by atoms with van der Waals surface area (Å²) in [6, 6.07) is 1.82. The highest BCUT2D eigenvalue weighted by atomic mass is 16.1. The molecule has 0 aliphatic carbocycles. The number of amides is 1. The highest BCUT2D eigenvalue weighted by molar-refractivity contribution is 5.47. The molecule has 11 heavy (non-hydrogen) atoms. The normalized spacial score (nSPS) is 12.1. The van der Waals surface area contributed by atoms with E-state index in [1.165, 1.54) is 0 Å². The average Bonchev–Trinajstić information content (AvgIpc) is 2.07. The molecule has 0 saturated heterocycles. The SMILES string of the molecule is CC(NC=O)c1ccnnc1. The molecule has 4 nitrogen and oxygen atoms in total. The Bertz CT molecular complexity index is 224. The van der Waals surface area contributed by atoms with Gasteiger partial charge in [-0.2, -0.15) is 10.2 Å². The lowest BCUT2D eigenvalue weighted by molar-refractivity contribution is -0.110. The molecule has 1 unspecified atom stereocenters. The van der Waals surface area contributed by atoms with E-state index < -0.39 is 0 Å². The fourth-order valence-corrected chi connectivity index (χ4v) is 0.755. The molecule has 1 rings (SSSR count). The molecule has 0 spiro atoms. The molecule has 0 fully saturated rings. The van der Waals surface area contributed by atoms with Crippen molar-refractivity contribution in [2.45, 2.75) is 13.0 Å². The van der Waals surface area contributed by atoms with Crippen molar-refractivity contribution < 1.29 is 4.79 Å². The van der Waals surface area contributed by atoms with Crippen LogP contribution in [-0.2, 0) is 4.79 Å². The van der Waals surface area contributed by atoms with Gasteiger partial charge in [-0.3, -0.25) is 4.79 Å². The van der Waals surface area contributed by atoms with Crippen LogP contribution in [-0.4, -0.2) is 16.6 Å². The molecule has 4 heteroatoms. The lowest BCUT2D eigenvalue weighted by Gasteiger charge is -2.07. The Kier molecular flexibility index (Phi) is 2.54. The molecule has 0 saturated carbocycles. The van der Waals surface area contributed by atoms with Gasteiger partial charge in [0, 0.05) is 6.20 Å². The van der Waals surface area contributed by atoms with Crippen LogP contribution in [0.5, 0.6) is 0 Å². The summed E-state index contributed by atoms with van der Waals surface area (Å²) >= 11 is 0. The topological polar surface area (TPSA) is 54.9 Å². The average molecular weight is 151 g/mol. The highest BCUT2D eigenvalue weighted by Crippen LogP contribution is 2.06. The van der Waals surface area contributed by atoms with Gasteiger partial charge in [0.15, 0.2) is 0 Å². The van der Waals surface area contributed by atoms with Crippen LogP contribution in [0.3, 0.4) is 0 Å². The summed E-state index contributed by atoms with van der Waals surface area (Å²) in [5.74, 6) is 0. The van der Waals surface area contributed by atoms with E-state index in [9.17, 15) is 4.79 Å². The van der Waals surface area contributed by atoms with Crippen LogP contribution in [0.25, 0.3) is 0 Å². The minimum atomic E-state index is 0.00278. The van der Waals surface area contributed by atoms with Crippen LogP contribution in [0.4, 0.5) is 0 Å². The van der Waals surface area contributed by atoms with Gasteiger partial charge < -0.3 is 5.32 Å². The zero-order chi connectivity index (χ0) is 8.10. The first-order valence-corrected chi connectivity index (χ1v) is 3.31. The molecule has 0 aromatic carbocycles. The quantitative estimate of drug-likeness (QED) is 0.631. The fraction of sp³-hybridized carbons (Fsp3) is 0.286. The molecule has 58 valence electrons. The van der Waals surface area contributed by atoms with Crippen molar-refractivity contribution in [3.63, 3.8) is 0 Å². The third kappa shape index (κ3) is 2.00. The standard InChI is InChI=1S/C7H9N3O/c1-6(8-5-11)7-2-3-9-10-4-7/h2-6H,1H3,(H,8,11). The van der Waals surface area contributed by atoms with E-state index in [1.54, 1.807) is 12.4 Å². The monoisotopic (exact) mass is 151 g/mol. The Labute approximate surface area is 64.6 Å². The number of nitrogens with zero attached hydrogens (tertiary/aromatic N) is 2. The van der Waals surface area contributed by atoms with E-state index in [2.05, 4.69) is 15.5 Å². The molecule has 0 aliphatic heterocycles. The molecule has 0 aliphatic rings. The number of rotatable bonds is 3. The number of hydrogen-bond acceptors (Lipinski definition) is 3. The fourth-order valence-electron chi connectivity index (χ4n) is 0.755. The summed E-state index contributed by atoms with van der Waals surface area (Å²) in [5, 5.41) is 9.92. The highest BCUT2D eigenvalue weighted by Gasteiger charge is 2.01. The molecule has 1 heterocycles. The molecule has 1 aromatic heterocycles. The molecule has 0 radical (unpaired) electrons. The number of carbonyl (C=O) groups excluding carboxylic acids is 1. The van der Waals surface area contributed by atoms with E-state index in [-0.39, 0.29) is 6.04 Å². The molecular weight excluding hydrogens is 142 g/mol. The summed E-state index contributed by atoms with van der Waals surface area (Å²) in [6.45, 7) is 1.88. The Morgan fingerprint density at radius 1 is 1.64 bits per heavy atom. The van der Waals surface area contributed by atoms with Gasteiger partial charge in [0.1, 0.15) is 0 Å². The summed E-state index contributed by atoms with van der Waals surface area (Å²) in [5.41, 5.74) is 0.951. The first kappa shape index (κ1) is 7.65. The predicted octanol–water partition coefficient (Wildman–Crippen LogP) is 0.284. The van der Waals surface area contributed by atoms with Gasteiger partial charge in [-0.15, -0.1) is 0 Å². The summed E-state index contributed by atoms with van der Waals surface area (Å²) in [6.07, 6.45) is 3.89. The first-order valence-electron chi connectivity index (χ1n) is 3.31. The van der Waals surface area contributed by atoms with Crippen molar-refractivity contribution in [1.29, 1.82) is 0 Å². The van der Waals surface area contributed by atoms with Gasteiger partial charge in [0.05, 0.1) is 12.2 Å². The van der Waals surface area contributed by atoms with E-state index in [0.717, 1.165) is 5.56 Å². The smallest absolute Gasteiger partial charge is 0.207 e. The van der Waals surface area contributed by atoms with Gasteiger partial charge in [-0.25, -0.2) is 0 Å². The summed E-state index contributed by atoms with van der Waals surface area (Å²) in [7, 11) is 0. The molecule has 0 bridgehead atoms. The van der Waals surface area contributed by atoms with E-state index in [0.29, 0.717) is 6.41 Å². The Morgan fingerprint density at radius 3 is 3.00 bits per heavy atom. The largest absolute Gasteiger partial charge is 0.352 e. The zero-order valence-corrected chi connectivity index (χ0v) is 6.19. The maximum absolute atomic E-state index is 10.0. The molecular formula is C7H9N3O. The minimum Gasteiger partial charge on any atom is -0.352 e. The van der Waals surface area contributed by atoms with Gasteiger partial charge in [0.2, 0.25) is 6.41 Å². The lowest BCUT2D eigenvalue weighted by Crippen LogP contribution is -2.16. The van der Waals surface area contributed by atoms with Gasteiger partial charge in [-0.05, 0) is 18.6 Å². The number of carbonyl (C=O) groups is 1. The second kappa shape index (κ2) is 3.65. The summed E-state index contributed by atoms with van der Waals surface area (Å²) in [4.78, 5) is 10.0. The third-order valence-corrected chi connectivity index (χ3v) is 1.43. The van der Waals surface area contributed by atoms with Gasteiger partial charge >= 0.3 is 0 Å². The van der Waals surface area contributed by atoms with E-state index in [1.807, 2.05) is 13.0 Å². The second-order valence-corrected chi connectivity index (χ2v) is 2.18. The van der Waals surface area contributed by atoms with Crippen LogP contribution >= 0.6 is 0 Å². The minimum absolute atomic E-state index is 0.00278. The van der Waals surface area contributed by atoms with Crippen LogP contribution < -0.4 is 5.32 Å². The zero-order valence-electron chi connectivity index (χ0n) is 6.19. The van der Waals surface area contributed by atoms with Crippen molar-refractivity contribution >= 4 is 6.41 Å². The van der Waals surface area contributed by atoms with Crippen molar-refractivity contribution in [1.82, 2.24) is 15.5 Å². The van der Waals surface area contributed by atoms with Crippen LogP contribution in [0.2, 0.25) is 0 Å². The van der Waals surface area contributed by atoms with Gasteiger partial charge in [0.25, 0.3) is 0 Å². The van der Waals surface area contributed by atoms with E-state index >= 15 is 0 Å². The molecule has 1 aromatic rings. The van der Waals surface area contributed by atoms with E-state index in [4.69, 9.17) is 0 Å². The van der Waals surface area contributed by atoms with Crippen molar-refractivity contribution in [3.05, 3.63) is 24.0 Å². The van der Waals surface area contributed by atoms with Gasteiger partial charge in [-0.1, -0.05) is 0 Å². The number of aromatic nitrogens is 2. The van der Waals surface area contributed by atoms with Crippen molar-refractivity contribution in [2.75, 3.05) is 0 Å². The van der Waals surface area contributed by atoms with Crippen molar-refractivity contribution in [2.24, 2.45) is 0 Å². The maximum atomic E-state index is 10.0. The molecule has 1 N–H and O–H groups in total. The summed E-state index contributed by atoms with van der Waals surface area (Å²) < 4.78 is 0.